The maximum absolute atomic E-state index is 11.2. The molecule has 0 fully saturated rings. The fourth-order valence-corrected chi connectivity index (χ4v) is 1.32. The van der Waals surface area contributed by atoms with E-state index in [9.17, 15) is 4.79 Å². The maximum atomic E-state index is 11.2. The molecule has 0 aliphatic rings. The molecule has 0 aliphatic carbocycles. The summed E-state index contributed by atoms with van der Waals surface area (Å²) in [4.78, 5) is 19.1. The molecule has 2 aromatic rings. The minimum Gasteiger partial charge on any atom is -0.490 e. The first-order chi connectivity index (χ1) is 8.22. The van der Waals surface area contributed by atoms with E-state index in [4.69, 9.17) is 10.5 Å². The second kappa shape index (κ2) is 4.60. The minimum absolute atomic E-state index is 0.0810. The molecule has 0 radical (unpaired) electrons. The van der Waals surface area contributed by atoms with Crippen LogP contribution in [0.25, 0.3) is 5.82 Å². The largest absolute Gasteiger partial charge is 0.490 e. The number of hydrogen-bond donors (Lipinski definition) is 1. The van der Waals surface area contributed by atoms with Gasteiger partial charge < -0.3 is 10.5 Å². The van der Waals surface area contributed by atoms with Crippen molar-refractivity contribution in [2.45, 2.75) is 6.92 Å². The molecule has 0 atom stereocenters. The number of carbonyl (C=O) groups is 1. The van der Waals surface area contributed by atoms with Gasteiger partial charge in [-0.1, -0.05) is 0 Å². The van der Waals surface area contributed by atoms with Gasteiger partial charge in [-0.05, 0) is 6.92 Å². The fraction of sp³-hybridized carbons (Fsp3) is 0.200. The summed E-state index contributed by atoms with van der Waals surface area (Å²) in [6.45, 7) is 2.23. The number of nitrogens with two attached hydrogens (primary N) is 1. The average Bonchev–Trinajstić information content (AvgIpc) is 2.75. The molecule has 2 rings (SSSR count). The minimum atomic E-state index is -0.643. The standard InChI is InChI=1S/C10H11N5O2/c1-2-17-7-6-15(14-9(7)10(11)16)8-5-12-3-4-13-8/h3-6H,2H2,1H3,(H2,11,16). The van der Waals surface area contributed by atoms with Crippen molar-refractivity contribution in [2.24, 2.45) is 5.73 Å². The summed E-state index contributed by atoms with van der Waals surface area (Å²) < 4.78 is 6.67. The molecule has 2 heterocycles. The molecule has 0 saturated carbocycles. The van der Waals surface area contributed by atoms with Crippen LogP contribution in [-0.4, -0.2) is 32.3 Å². The van der Waals surface area contributed by atoms with Gasteiger partial charge in [0.15, 0.2) is 17.3 Å². The number of carbonyl (C=O) groups excluding carboxylic acids is 1. The molecule has 17 heavy (non-hydrogen) atoms. The van der Waals surface area contributed by atoms with E-state index in [1.54, 1.807) is 12.4 Å². The first-order valence-electron chi connectivity index (χ1n) is 5.01. The van der Waals surface area contributed by atoms with Crippen LogP contribution < -0.4 is 10.5 Å². The van der Waals surface area contributed by atoms with E-state index >= 15 is 0 Å². The van der Waals surface area contributed by atoms with E-state index in [1.807, 2.05) is 6.92 Å². The maximum Gasteiger partial charge on any atom is 0.273 e. The van der Waals surface area contributed by atoms with Gasteiger partial charge in [0.1, 0.15) is 0 Å². The molecule has 0 saturated heterocycles. The van der Waals surface area contributed by atoms with Crippen molar-refractivity contribution in [3.05, 3.63) is 30.5 Å². The molecule has 7 nitrogen and oxygen atoms in total. The van der Waals surface area contributed by atoms with Crippen molar-refractivity contribution in [2.75, 3.05) is 6.61 Å². The zero-order chi connectivity index (χ0) is 12.3. The number of rotatable bonds is 4. The number of ether oxygens (including phenoxy) is 1. The summed E-state index contributed by atoms with van der Waals surface area (Å²) in [6.07, 6.45) is 6.15. The smallest absolute Gasteiger partial charge is 0.273 e. The van der Waals surface area contributed by atoms with Gasteiger partial charge in [0.05, 0.1) is 19.0 Å². The monoisotopic (exact) mass is 233 g/mol. The Labute approximate surface area is 97.2 Å². The van der Waals surface area contributed by atoms with Crippen molar-refractivity contribution in [1.29, 1.82) is 0 Å². The number of primary amides is 1. The lowest BCUT2D eigenvalue weighted by molar-refractivity contribution is 0.0991. The van der Waals surface area contributed by atoms with Gasteiger partial charge in [-0.25, -0.2) is 9.67 Å². The van der Waals surface area contributed by atoms with Crippen LogP contribution in [0.5, 0.6) is 5.75 Å². The summed E-state index contributed by atoms with van der Waals surface area (Å²) in [7, 11) is 0. The highest BCUT2D eigenvalue weighted by atomic mass is 16.5. The Morgan fingerprint density at radius 3 is 2.94 bits per heavy atom. The van der Waals surface area contributed by atoms with E-state index in [2.05, 4.69) is 15.1 Å². The van der Waals surface area contributed by atoms with Crippen molar-refractivity contribution in [3.63, 3.8) is 0 Å². The third-order valence-electron chi connectivity index (χ3n) is 2.00. The Hall–Kier alpha value is -2.44. The number of amides is 1. The summed E-state index contributed by atoms with van der Waals surface area (Å²) in [5, 5.41) is 4.01. The molecular formula is C10H11N5O2. The molecule has 7 heteroatoms. The zero-order valence-electron chi connectivity index (χ0n) is 9.20. The summed E-state index contributed by atoms with van der Waals surface area (Å²) in [5.74, 6) is 0.183. The van der Waals surface area contributed by atoms with E-state index in [0.29, 0.717) is 18.2 Å². The Bertz CT molecular complexity index is 523. The van der Waals surface area contributed by atoms with E-state index in [1.165, 1.54) is 17.1 Å². The lowest BCUT2D eigenvalue weighted by atomic mass is 10.4. The predicted octanol–water partition coefficient (Wildman–Crippen LogP) is 0.160. The molecule has 0 aliphatic heterocycles. The zero-order valence-corrected chi connectivity index (χ0v) is 9.20. The number of aromatic nitrogens is 4. The first-order valence-corrected chi connectivity index (χ1v) is 5.01. The molecule has 0 unspecified atom stereocenters. The van der Waals surface area contributed by atoms with E-state index < -0.39 is 5.91 Å². The molecule has 0 aromatic carbocycles. The molecule has 88 valence electrons. The number of hydrogen-bond acceptors (Lipinski definition) is 5. The second-order valence-electron chi connectivity index (χ2n) is 3.15. The quantitative estimate of drug-likeness (QED) is 0.811. The highest BCUT2D eigenvalue weighted by molar-refractivity contribution is 5.93. The molecule has 1 amide bonds. The van der Waals surface area contributed by atoms with Gasteiger partial charge in [-0.15, -0.1) is 0 Å². The van der Waals surface area contributed by atoms with Crippen LogP contribution in [0.2, 0.25) is 0 Å². The predicted molar refractivity (Wildman–Crippen MR) is 58.8 cm³/mol. The van der Waals surface area contributed by atoms with Crippen molar-refractivity contribution in [1.82, 2.24) is 19.7 Å². The van der Waals surface area contributed by atoms with E-state index in [0.717, 1.165) is 0 Å². The van der Waals surface area contributed by atoms with Gasteiger partial charge in [0.25, 0.3) is 5.91 Å². The van der Waals surface area contributed by atoms with Crippen LogP contribution >= 0.6 is 0 Å². The van der Waals surface area contributed by atoms with Crippen LogP contribution in [0.4, 0.5) is 0 Å². The Kier molecular flexibility index (Phi) is 2.99. The van der Waals surface area contributed by atoms with Crippen LogP contribution in [-0.2, 0) is 0 Å². The Morgan fingerprint density at radius 2 is 2.35 bits per heavy atom. The topological polar surface area (TPSA) is 95.9 Å². The van der Waals surface area contributed by atoms with Crippen LogP contribution in [0.3, 0.4) is 0 Å². The lowest BCUT2D eigenvalue weighted by Gasteiger charge is -1.98. The highest BCUT2D eigenvalue weighted by Gasteiger charge is 2.16. The second-order valence-corrected chi connectivity index (χ2v) is 3.15. The van der Waals surface area contributed by atoms with Gasteiger partial charge >= 0.3 is 0 Å². The lowest BCUT2D eigenvalue weighted by Crippen LogP contribution is -2.14. The molecule has 2 N–H and O–H groups in total. The van der Waals surface area contributed by atoms with Gasteiger partial charge in [0.2, 0.25) is 0 Å². The van der Waals surface area contributed by atoms with Crippen molar-refractivity contribution < 1.29 is 9.53 Å². The van der Waals surface area contributed by atoms with Crippen LogP contribution in [0.1, 0.15) is 17.4 Å². The van der Waals surface area contributed by atoms with Crippen molar-refractivity contribution >= 4 is 5.91 Å². The third kappa shape index (κ3) is 2.22. The van der Waals surface area contributed by atoms with Crippen LogP contribution in [0.15, 0.2) is 24.8 Å². The first kappa shape index (κ1) is 11.1. The highest BCUT2D eigenvalue weighted by Crippen LogP contribution is 2.18. The third-order valence-corrected chi connectivity index (χ3v) is 2.00. The Morgan fingerprint density at radius 1 is 1.53 bits per heavy atom. The molecule has 2 aromatic heterocycles. The van der Waals surface area contributed by atoms with E-state index in [-0.39, 0.29) is 5.69 Å². The SMILES string of the molecule is CCOc1cn(-c2cnccn2)nc1C(N)=O. The summed E-state index contributed by atoms with van der Waals surface area (Å²) in [6, 6.07) is 0. The van der Waals surface area contributed by atoms with Crippen LogP contribution in [0, 0.1) is 0 Å². The van der Waals surface area contributed by atoms with Gasteiger partial charge in [-0.2, -0.15) is 5.10 Å². The Balaban J connectivity index is 2.44. The average molecular weight is 233 g/mol. The fourth-order valence-electron chi connectivity index (χ4n) is 1.32. The summed E-state index contributed by atoms with van der Waals surface area (Å²) in [5.41, 5.74) is 5.29. The molecule has 0 bridgehead atoms. The number of nitrogens with zero attached hydrogens (tertiary/aromatic N) is 4. The van der Waals surface area contributed by atoms with Gasteiger partial charge in [-0.3, -0.25) is 9.78 Å². The van der Waals surface area contributed by atoms with Crippen molar-refractivity contribution in [3.8, 4) is 11.6 Å². The summed E-state index contributed by atoms with van der Waals surface area (Å²) >= 11 is 0. The molecular weight excluding hydrogens is 222 g/mol. The normalized spacial score (nSPS) is 10.2. The van der Waals surface area contributed by atoms with Gasteiger partial charge in [0, 0.05) is 12.4 Å². The molecule has 0 spiro atoms.